The lowest BCUT2D eigenvalue weighted by molar-refractivity contribution is -0.274. The molecule has 1 aromatic rings. The van der Waals surface area contributed by atoms with Crippen LogP contribution in [0.3, 0.4) is 0 Å². The molecule has 0 unspecified atom stereocenters. The Morgan fingerprint density at radius 1 is 1.17 bits per heavy atom. The molecule has 0 saturated carbocycles. The summed E-state index contributed by atoms with van der Waals surface area (Å²) >= 11 is 0. The summed E-state index contributed by atoms with van der Waals surface area (Å²) in [6, 6.07) is 6.55. The second-order valence-corrected chi connectivity index (χ2v) is 6.30. The second-order valence-electron chi connectivity index (χ2n) is 6.30. The maximum Gasteiger partial charge on any atom is 0.573 e. The number of nitrogens with one attached hydrogen (secondary N) is 1. The first kappa shape index (κ1) is 17.5. The van der Waals surface area contributed by atoms with Gasteiger partial charge in [-0.05, 0) is 36.5 Å². The number of piperazine rings is 1. The molecular formula is C17H23F3N2O2. The van der Waals surface area contributed by atoms with E-state index in [1.54, 1.807) is 6.07 Å². The van der Waals surface area contributed by atoms with E-state index in [0.717, 1.165) is 44.6 Å². The third kappa shape index (κ3) is 4.62. The van der Waals surface area contributed by atoms with E-state index in [1.165, 1.54) is 12.1 Å². The minimum Gasteiger partial charge on any atom is -0.406 e. The van der Waals surface area contributed by atoms with Crippen molar-refractivity contribution in [2.24, 2.45) is 5.92 Å². The highest BCUT2D eigenvalue weighted by Gasteiger charge is 2.33. The summed E-state index contributed by atoms with van der Waals surface area (Å²) in [5, 5.41) is 3.33. The topological polar surface area (TPSA) is 33.7 Å². The average molecular weight is 344 g/mol. The fourth-order valence-electron chi connectivity index (χ4n) is 3.67. The zero-order valence-electron chi connectivity index (χ0n) is 13.5. The SMILES string of the molecule is FC(F)(F)Oc1cccc([C@@H](C2CCOCC2)N2CCNCC2)c1. The van der Waals surface area contributed by atoms with Crippen LogP contribution in [0.15, 0.2) is 24.3 Å². The monoisotopic (exact) mass is 344 g/mol. The van der Waals surface area contributed by atoms with Crippen molar-refractivity contribution >= 4 is 0 Å². The van der Waals surface area contributed by atoms with Gasteiger partial charge in [0.05, 0.1) is 0 Å². The van der Waals surface area contributed by atoms with E-state index in [9.17, 15) is 13.2 Å². The highest BCUT2D eigenvalue weighted by Crippen LogP contribution is 2.37. The van der Waals surface area contributed by atoms with Gasteiger partial charge in [-0.3, -0.25) is 4.90 Å². The largest absolute Gasteiger partial charge is 0.573 e. The van der Waals surface area contributed by atoms with Crippen molar-refractivity contribution < 1.29 is 22.6 Å². The molecule has 0 amide bonds. The van der Waals surface area contributed by atoms with E-state index in [2.05, 4.69) is 15.0 Å². The predicted molar refractivity (Wildman–Crippen MR) is 83.9 cm³/mol. The number of halogens is 3. The Balaban J connectivity index is 1.85. The Labute approximate surface area is 139 Å². The van der Waals surface area contributed by atoms with Crippen molar-refractivity contribution in [1.82, 2.24) is 10.2 Å². The molecule has 1 atom stereocenters. The molecule has 3 rings (SSSR count). The van der Waals surface area contributed by atoms with Crippen LogP contribution in [0.2, 0.25) is 0 Å². The third-order valence-electron chi connectivity index (χ3n) is 4.69. The summed E-state index contributed by atoms with van der Waals surface area (Å²) in [7, 11) is 0. The van der Waals surface area contributed by atoms with Crippen LogP contribution in [0, 0.1) is 5.92 Å². The maximum absolute atomic E-state index is 12.5. The molecule has 1 aromatic carbocycles. The molecule has 134 valence electrons. The number of ether oxygens (including phenoxy) is 2. The van der Waals surface area contributed by atoms with Crippen LogP contribution in [0.5, 0.6) is 5.75 Å². The number of nitrogens with zero attached hydrogens (tertiary/aromatic N) is 1. The molecule has 0 aromatic heterocycles. The Bertz CT molecular complexity index is 509. The standard InChI is InChI=1S/C17H23F3N2O2/c18-17(19,20)24-15-3-1-2-14(12-15)16(13-4-10-23-11-5-13)22-8-6-21-7-9-22/h1-3,12-13,16,21H,4-11H2/t16-/m1/s1. The number of rotatable bonds is 4. The highest BCUT2D eigenvalue weighted by molar-refractivity contribution is 5.31. The molecular weight excluding hydrogens is 321 g/mol. The first-order chi connectivity index (χ1) is 11.5. The molecule has 2 fully saturated rings. The van der Waals surface area contributed by atoms with Gasteiger partial charge in [-0.1, -0.05) is 12.1 Å². The van der Waals surface area contributed by atoms with Crippen molar-refractivity contribution in [2.45, 2.75) is 25.2 Å². The summed E-state index contributed by atoms with van der Waals surface area (Å²) in [6.45, 7) is 5.02. The van der Waals surface area contributed by atoms with E-state index in [1.807, 2.05) is 6.07 Å². The Hall–Kier alpha value is -1.31. The van der Waals surface area contributed by atoms with Gasteiger partial charge in [0.1, 0.15) is 5.75 Å². The fourth-order valence-corrected chi connectivity index (χ4v) is 3.67. The van der Waals surface area contributed by atoms with Crippen LogP contribution in [0.1, 0.15) is 24.4 Å². The molecule has 4 nitrogen and oxygen atoms in total. The minimum absolute atomic E-state index is 0.104. The molecule has 24 heavy (non-hydrogen) atoms. The van der Waals surface area contributed by atoms with Gasteiger partial charge in [0.15, 0.2) is 0 Å². The van der Waals surface area contributed by atoms with E-state index in [4.69, 9.17) is 4.74 Å². The van der Waals surface area contributed by atoms with Gasteiger partial charge in [-0.2, -0.15) is 0 Å². The van der Waals surface area contributed by atoms with Crippen molar-refractivity contribution in [3.63, 3.8) is 0 Å². The van der Waals surface area contributed by atoms with E-state index >= 15 is 0 Å². The molecule has 0 spiro atoms. The van der Waals surface area contributed by atoms with Gasteiger partial charge in [0.2, 0.25) is 0 Å². The van der Waals surface area contributed by atoms with Crippen LogP contribution in [-0.4, -0.2) is 50.7 Å². The molecule has 0 bridgehead atoms. The molecule has 2 heterocycles. The van der Waals surface area contributed by atoms with Crippen LogP contribution in [0.4, 0.5) is 13.2 Å². The smallest absolute Gasteiger partial charge is 0.406 e. The highest BCUT2D eigenvalue weighted by atomic mass is 19.4. The van der Waals surface area contributed by atoms with Gasteiger partial charge >= 0.3 is 6.36 Å². The molecule has 2 aliphatic rings. The first-order valence-corrected chi connectivity index (χ1v) is 8.41. The minimum atomic E-state index is -4.66. The van der Waals surface area contributed by atoms with Gasteiger partial charge in [-0.15, -0.1) is 13.2 Å². The summed E-state index contributed by atoms with van der Waals surface area (Å²) in [5.41, 5.74) is 0.894. The quantitative estimate of drug-likeness (QED) is 0.911. The van der Waals surface area contributed by atoms with Crippen LogP contribution < -0.4 is 10.1 Å². The molecule has 2 saturated heterocycles. The van der Waals surface area contributed by atoms with Crippen molar-refractivity contribution in [1.29, 1.82) is 0 Å². The first-order valence-electron chi connectivity index (χ1n) is 8.41. The molecule has 7 heteroatoms. The molecule has 2 aliphatic heterocycles. The summed E-state index contributed by atoms with van der Waals surface area (Å²) in [5.74, 6) is 0.241. The summed E-state index contributed by atoms with van der Waals surface area (Å²) in [4.78, 5) is 2.37. The number of benzene rings is 1. The second kappa shape index (κ2) is 7.72. The van der Waals surface area contributed by atoms with Gasteiger partial charge in [-0.25, -0.2) is 0 Å². The Morgan fingerprint density at radius 3 is 2.54 bits per heavy atom. The van der Waals surface area contributed by atoms with Crippen LogP contribution in [0.25, 0.3) is 0 Å². The molecule has 0 aliphatic carbocycles. The molecule has 1 N–H and O–H groups in total. The van der Waals surface area contributed by atoms with Crippen molar-refractivity contribution in [2.75, 3.05) is 39.4 Å². The summed E-state index contributed by atoms with van der Waals surface area (Å²) < 4.78 is 47.1. The lowest BCUT2D eigenvalue weighted by atomic mass is 9.85. The molecule has 0 radical (unpaired) electrons. The van der Waals surface area contributed by atoms with Crippen LogP contribution >= 0.6 is 0 Å². The maximum atomic E-state index is 12.5. The van der Waals surface area contributed by atoms with Gasteiger partial charge < -0.3 is 14.8 Å². The number of hydrogen-bond donors (Lipinski definition) is 1. The van der Waals surface area contributed by atoms with Gasteiger partial charge in [0.25, 0.3) is 0 Å². The van der Waals surface area contributed by atoms with E-state index < -0.39 is 6.36 Å². The summed E-state index contributed by atoms with van der Waals surface area (Å²) in [6.07, 6.45) is -2.81. The van der Waals surface area contributed by atoms with Crippen molar-refractivity contribution in [3.05, 3.63) is 29.8 Å². The Morgan fingerprint density at radius 2 is 1.88 bits per heavy atom. The zero-order valence-corrected chi connectivity index (χ0v) is 13.5. The normalized spacial score (nSPS) is 22.3. The van der Waals surface area contributed by atoms with Gasteiger partial charge in [0, 0.05) is 45.4 Å². The number of alkyl halides is 3. The van der Waals surface area contributed by atoms with E-state index in [-0.39, 0.29) is 11.8 Å². The zero-order chi connectivity index (χ0) is 17.0. The lowest BCUT2D eigenvalue weighted by Gasteiger charge is -2.41. The average Bonchev–Trinajstić information content (AvgIpc) is 2.56. The van der Waals surface area contributed by atoms with Crippen LogP contribution in [-0.2, 0) is 4.74 Å². The van der Waals surface area contributed by atoms with E-state index in [0.29, 0.717) is 19.1 Å². The predicted octanol–water partition coefficient (Wildman–Crippen LogP) is 2.96. The van der Waals surface area contributed by atoms with Crippen molar-refractivity contribution in [3.8, 4) is 5.75 Å². The Kier molecular flexibility index (Phi) is 5.63. The fraction of sp³-hybridized carbons (Fsp3) is 0.647. The third-order valence-corrected chi connectivity index (χ3v) is 4.69. The number of hydrogen-bond acceptors (Lipinski definition) is 4. The lowest BCUT2D eigenvalue weighted by Crippen LogP contribution is -2.47.